The number of carbonyl (C=O) groups is 2. The van der Waals surface area contributed by atoms with Crippen molar-refractivity contribution in [3.63, 3.8) is 0 Å². The Kier molecular flexibility index (Phi) is 6.05. The van der Waals surface area contributed by atoms with Gasteiger partial charge in [0, 0.05) is 42.8 Å². The van der Waals surface area contributed by atoms with Crippen LogP contribution in [0.15, 0.2) is 30.6 Å². The van der Waals surface area contributed by atoms with Crippen molar-refractivity contribution in [3.8, 4) is 0 Å². The molecule has 148 valence electrons. The predicted molar refractivity (Wildman–Crippen MR) is 110 cm³/mol. The van der Waals surface area contributed by atoms with Crippen molar-refractivity contribution in [1.29, 1.82) is 0 Å². The topological polar surface area (TPSA) is 62.3 Å². The fourth-order valence-corrected chi connectivity index (χ4v) is 5.29. The summed E-state index contributed by atoms with van der Waals surface area (Å²) in [6.45, 7) is 2.29. The molecule has 2 aliphatic rings. The average molecular weight is 398 g/mol. The summed E-state index contributed by atoms with van der Waals surface area (Å²) < 4.78 is 0. The van der Waals surface area contributed by atoms with Crippen molar-refractivity contribution in [1.82, 2.24) is 15.2 Å². The number of rotatable bonds is 4. The molecule has 1 aliphatic heterocycles. The number of hydrogen-bond acceptors (Lipinski definition) is 4. The second-order valence-electron chi connectivity index (χ2n) is 7.78. The zero-order valence-corrected chi connectivity index (χ0v) is 17.0. The highest BCUT2D eigenvalue weighted by atomic mass is 32.1. The maximum atomic E-state index is 12.9. The lowest BCUT2D eigenvalue weighted by molar-refractivity contribution is -0.125. The number of thiophene rings is 1. The summed E-state index contributed by atoms with van der Waals surface area (Å²) >= 11 is 1.64. The van der Waals surface area contributed by atoms with Gasteiger partial charge in [-0.3, -0.25) is 14.6 Å². The molecule has 1 saturated heterocycles. The van der Waals surface area contributed by atoms with Gasteiger partial charge in [0.2, 0.25) is 5.91 Å². The van der Waals surface area contributed by atoms with Crippen molar-refractivity contribution < 1.29 is 9.59 Å². The highest BCUT2D eigenvalue weighted by molar-refractivity contribution is 7.14. The maximum Gasteiger partial charge on any atom is 0.263 e. The molecule has 2 aromatic heterocycles. The molecule has 0 aromatic carbocycles. The molecule has 1 fully saturated rings. The number of aryl methyl sites for hydroxylation is 1. The van der Waals surface area contributed by atoms with Crippen molar-refractivity contribution in [2.75, 3.05) is 13.1 Å². The number of nitrogens with one attached hydrogen (secondary N) is 1. The van der Waals surface area contributed by atoms with E-state index in [1.807, 2.05) is 17.0 Å². The van der Waals surface area contributed by atoms with Crippen LogP contribution in [0.1, 0.15) is 57.8 Å². The van der Waals surface area contributed by atoms with Crippen LogP contribution >= 0.6 is 11.3 Å². The highest BCUT2D eigenvalue weighted by Crippen LogP contribution is 2.33. The van der Waals surface area contributed by atoms with E-state index >= 15 is 0 Å². The zero-order valence-electron chi connectivity index (χ0n) is 16.2. The molecule has 0 saturated carbocycles. The summed E-state index contributed by atoms with van der Waals surface area (Å²) in [5.74, 6) is 0.277. The number of likely N-dealkylation sites (tertiary alicyclic amines) is 1. The fraction of sp³-hybridized carbons (Fsp3) is 0.500. The van der Waals surface area contributed by atoms with E-state index in [4.69, 9.17) is 0 Å². The van der Waals surface area contributed by atoms with Crippen LogP contribution < -0.4 is 5.32 Å². The molecule has 6 heteroatoms. The van der Waals surface area contributed by atoms with E-state index in [9.17, 15) is 9.59 Å². The lowest BCUT2D eigenvalue weighted by Crippen LogP contribution is -2.33. The lowest BCUT2D eigenvalue weighted by Gasteiger charge is -2.21. The Morgan fingerprint density at radius 1 is 1.14 bits per heavy atom. The maximum absolute atomic E-state index is 12.9. The minimum Gasteiger partial charge on any atom is -0.352 e. The van der Waals surface area contributed by atoms with E-state index in [1.54, 1.807) is 23.7 Å². The second kappa shape index (κ2) is 8.86. The Bertz CT molecular complexity index is 826. The Morgan fingerprint density at radius 3 is 2.64 bits per heavy atom. The Balaban J connectivity index is 1.37. The molecular formula is C22H27N3O2S. The molecule has 0 radical (unpaired) electrons. The first-order valence-electron chi connectivity index (χ1n) is 10.3. The molecule has 0 bridgehead atoms. The molecule has 4 rings (SSSR count). The normalized spacial score (nSPS) is 19.6. The molecule has 5 nitrogen and oxygen atoms in total. The van der Waals surface area contributed by atoms with Gasteiger partial charge in [-0.2, -0.15) is 0 Å². The summed E-state index contributed by atoms with van der Waals surface area (Å²) in [6, 6.07) is 5.88. The Hall–Kier alpha value is -2.21. The van der Waals surface area contributed by atoms with E-state index in [0.717, 1.165) is 55.6 Å². The molecule has 2 amide bonds. The van der Waals surface area contributed by atoms with Gasteiger partial charge in [-0.1, -0.05) is 12.8 Å². The number of pyridine rings is 1. The monoisotopic (exact) mass is 397 g/mol. The van der Waals surface area contributed by atoms with Crippen molar-refractivity contribution in [2.45, 2.75) is 51.5 Å². The molecule has 1 unspecified atom stereocenters. The van der Waals surface area contributed by atoms with Crippen LogP contribution in [0.5, 0.6) is 0 Å². The van der Waals surface area contributed by atoms with Crippen molar-refractivity contribution in [3.05, 3.63) is 51.5 Å². The summed E-state index contributed by atoms with van der Waals surface area (Å²) in [7, 11) is 0. The first-order valence-corrected chi connectivity index (χ1v) is 11.1. The highest BCUT2D eigenvalue weighted by Gasteiger charge is 2.28. The van der Waals surface area contributed by atoms with Crippen LogP contribution in [0.3, 0.4) is 0 Å². The van der Waals surface area contributed by atoms with Gasteiger partial charge in [0.05, 0.1) is 4.88 Å². The van der Waals surface area contributed by atoms with Gasteiger partial charge in [-0.15, -0.1) is 11.3 Å². The molecule has 0 spiro atoms. The molecule has 1 atom stereocenters. The van der Waals surface area contributed by atoms with Crippen molar-refractivity contribution >= 4 is 23.2 Å². The van der Waals surface area contributed by atoms with Gasteiger partial charge in [-0.05, 0) is 61.4 Å². The smallest absolute Gasteiger partial charge is 0.263 e. The summed E-state index contributed by atoms with van der Waals surface area (Å²) in [5.41, 5.74) is 2.25. The van der Waals surface area contributed by atoms with E-state index in [1.165, 1.54) is 23.3 Å². The van der Waals surface area contributed by atoms with Gasteiger partial charge >= 0.3 is 0 Å². The van der Waals surface area contributed by atoms with E-state index in [2.05, 4.69) is 16.4 Å². The van der Waals surface area contributed by atoms with Crippen LogP contribution in [-0.2, 0) is 24.2 Å². The predicted octanol–water partition coefficient (Wildman–Crippen LogP) is 3.58. The van der Waals surface area contributed by atoms with E-state index in [0.29, 0.717) is 6.54 Å². The van der Waals surface area contributed by atoms with Gasteiger partial charge in [0.15, 0.2) is 0 Å². The molecule has 2 aromatic rings. The number of amides is 2. The van der Waals surface area contributed by atoms with Crippen LogP contribution in [0.2, 0.25) is 0 Å². The van der Waals surface area contributed by atoms with Gasteiger partial charge in [0.1, 0.15) is 0 Å². The van der Waals surface area contributed by atoms with Crippen molar-refractivity contribution in [2.24, 2.45) is 5.92 Å². The summed E-state index contributed by atoms with van der Waals surface area (Å²) in [4.78, 5) is 33.7. The molecule has 1 N–H and O–H groups in total. The number of nitrogens with zero attached hydrogens (tertiary/aromatic N) is 2. The lowest BCUT2D eigenvalue weighted by atomic mass is 9.87. The van der Waals surface area contributed by atoms with Crippen LogP contribution in [0.25, 0.3) is 0 Å². The molecule has 3 heterocycles. The van der Waals surface area contributed by atoms with Gasteiger partial charge in [-0.25, -0.2) is 0 Å². The largest absolute Gasteiger partial charge is 0.352 e. The minimum absolute atomic E-state index is 0.00919. The molecule has 1 aliphatic carbocycles. The molecular weight excluding hydrogens is 370 g/mol. The fourth-order valence-electron chi connectivity index (χ4n) is 4.12. The second-order valence-corrected chi connectivity index (χ2v) is 8.92. The summed E-state index contributed by atoms with van der Waals surface area (Å²) in [5, 5.41) is 3.05. The average Bonchev–Trinajstić information content (AvgIpc) is 2.97. The first-order chi connectivity index (χ1) is 13.7. The van der Waals surface area contributed by atoms with Crippen LogP contribution in [0, 0.1) is 5.92 Å². The minimum atomic E-state index is -0.00919. The van der Waals surface area contributed by atoms with Crippen LogP contribution in [0.4, 0.5) is 0 Å². The number of carbonyl (C=O) groups excluding carboxylic acids is 2. The van der Waals surface area contributed by atoms with Gasteiger partial charge in [0.25, 0.3) is 5.91 Å². The Labute approximate surface area is 170 Å². The standard InChI is InChI=1S/C22H27N3O2S/c26-21(24-15-16-7-9-23-10-8-16)17-5-6-19-18(13-17)14-20(28-19)22(27)25-11-3-1-2-4-12-25/h7-10,14,17H,1-6,11-13,15H2,(H,24,26). The third-order valence-electron chi connectivity index (χ3n) is 5.77. The number of hydrogen-bond donors (Lipinski definition) is 1. The van der Waals surface area contributed by atoms with Crippen LogP contribution in [-0.4, -0.2) is 34.8 Å². The van der Waals surface area contributed by atoms with E-state index in [-0.39, 0.29) is 17.7 Å². The third kappa shape index (κ3) is 4.43. The SMILES string of the molecule is O=C(NCc1ccncc1)C1CCc2sc(C(=O)N3CCCCCC3)cc2C1. The number of fused-ring (bicyclic) bond motifs is 1. The third-order valence-corrected chi connectivity index (χ3v) is 7.00. The number of aromatic nitrogens is 1. The summed E-state index contributed by atoms with van der Waals surface area (Å²) in [6.07, 6.45) is 10.6. The Morgan fingerprint density at radius 2 is 1.89 bits per heavy atom. The zero-order chi connectivity index (χ0) is 19.3. The van der Waals surface area contributed by atoms with Gasteiger partial charge < -0.3 is 10.2 Å². The molecule has 28 heavy (non-hydrogen) atoms. The quantitative estimate of drug-likeness (QED) is 0.858. The van der Waals surface area contributed by atoms with E-state index < -0.39 is 0 Å². The first kappa shape index (κ1) is 19.1.